The number of phenols is 1. The number of aryl methyl sites for hydroxylation is 2. The lowest BCUT2D eigenvalue weighted by Crippen LogP contribution is -2.36. The highest BCUT2D eigenvalue weighted by Crippen LogP contribution is 2.23. The minimum Gasteiger partial charge on any atom is -0.508 e. The first kappa shape index (κ1) is 18.9. The molecule has 0 saturated carbocycles. The molecule has 0 bridgehead atoms. The van der Waals surface area contributed by atoms with Gasteiger partial charge in [0.15, 0.2) is 0 Å². The molecule has 0 aliphatic heterocycles. The number of carbonyl (C=O) groups is 1. The average Bonchev–Trinajstić information content (AvgIpc) is 2.58. The summed E-state index contributed by atoms with van der Waals surface area (Å²) in [4.78, 5) is 14.1. The summed E-state index contributed by atoms with van der Waals surface area (Å²) >= 11 is 0. The minimum absolute atomic E-state index is 0.102. The molecule has 2 aromatic carbocycles. The predicted octanol–water partition coefficient (Wildman–Crippen LogP) is 3.29. The summed E-state index contributed by atoms with van der Waals surface area (Å²) in [6, 6.07) is 9.78. The zero-order chi connectivity index (χ0) is 18.4. The molecule has 0 heterocycles. The van der Waals surface area contributed by atoms with Gasteiger partial charge in [0.05, 0.1) is 6.54 Å². The molecule has 0 fully saturated rings. The predicted molar refractivity (Wildman–Crippen MR) is 96.8 cm³/mol. The Morgan fingerprint density at radius 1 is 1.16 bits per heavy atom. The molecule has 2 N–H and O–H groups in total. The number of hydrogen-bond donors (Lipinski definition) is 2. The lowest BCUT2D eigenvalue weighted by Gasteiger charge is -2.21. The van der Waals surface area contributed by atoms with Crippen molar-refractivity contribution in [2.75, 3.05) is 13.1 Å². The standard InChI is InChI=1S/C20H25FN2O2/c1-4-23(12-17-9-14(2)15(3)10-19(17)24)13-20(25)22-11-16-5-7-18(21)8-6-16/h5-10,24H,4,11-13H2,1-3H3,(H,22,25). The third kappa shape index (κ3) is 5.57. The first-order chi connectivity index (χ1) is 11.9. The Balaban J connectivity index is 1.91. The number of halogens is 1. The second-order valence-corrected chi connectivity index (χ2v) is 6.27. The van der Waals surface area contributed by atoms with Crippen molar-refractivity contribution in [3.63, 3.8) is 0 Å². The number of nitrogens with one attached hydrogen (secondary N) is 1. The van der Waals surface area contributed by atoms with Crippen LogP contribution >= 0.6 is 0 Å². The van der Waals surface area contributed by atoms with Gasteiger partial charge in [-0.2, -0.15) is 0 Å². The smallest absolute Gasteiger partial charge is 0.234 e. The Bertz CT molecular complexity index is 729. The van der Waals surface area contributed by atoms with Crippen LogP contribution in [0.1, 0.15) is 29.2 Å². The van der Waals surface area contributed by atoms with Crippen molar-refractivity contribution in [2.24, 2.45) is 0 Å². The van der Waals surface area contributed by atoms with Crippen LogP contribution in [-0.2, 0) is 17.9 Å². The van der Waals surface area contributed by atoms with E-state index in [9.17, 15) is 14.3 Å². The molecule has 0 unspecified atom stereocenters. The molecule has 0 saturated heterocycles. The maximum atomic E-state index is 12.9. The lowest BCUT2D eigenvalue weighted by atomic mass is 10.0. The van der Waals surface area contributed by atoms with Gasteiger partial charge < -0.3 is 10.4 Å². The molecule has 4 nitrogen and oxygen atoms in total. The first-order valence-electron chi connectivity index (χ1n) is 8.41. The molecule has 5 heteroatoms. The fourth-order valence-corrected chi connectivity index (χ4v) is 2.57. The van der Waals surface area contributed by atoms with Gasteiger partial charge in [0.1, 0.15) is 11.6 Å². The fraction of sp³-hybridized carbons (Fsp3) is 0.350. The summed E-state index contributed by atoms with van der Waals surface area (Å²) in [6.07, 6.45) is 0. The highest BCUT2D eigenvalue weighted by Gasteiger charge is 2.13. The van der Waals surface area contributed by atoms with Crippen LogP contribution in [0.5, 0.6) is 5.75 Å². The Morgan fingerprint density at radius 3 is 2.44 bits per heavy atom. The molecular formula is C20H25FN2O2. The molecule has 25 heavy (non-hydrogen) atoms. The maximum Gasteiger partial charge on any atom is 0.234 e. The number of nitrogens with zero attached hydrogens (tertiary/aromatic N) is 1. The molecule has 0 aliphatic rings. The third-order valence-electron chi connectivity index (χ3n) is 4.31. The van der Waals surface area contributed by atoms with Crippen LogP contribution in [0.25, 0.3) is 0 Å². The van der Waals surface area contributed by atoms with E-state index in [4.69, 9.17) is 0 Å². The van der Waals surface area contributed by atoms with Crippen molar-refractivity contribution >= 4 is 5.91 Å². The fourth-order valence-electron chi connectivity index (χ4n) is 2.57. The van der Waals surface area contributed by atoms with E-state index in [-0.39, 0.29) is 24.0 Å². The topological polar surface area (TPSA) is 52.6 Å². The molecule has 1 amide bonds. The Labute approximate surface area is 148 Å². The van der Waals surface area contributed by atoms with Crippen molar-refractivity contribution in [1.29, 1.82) is 0 Å². The summed E-state index contributed by atoms with van der Waals surface area (Å²) in [5, 5.41) is 12.9. The van der Waals surface area contributed by atoms with Gasteiger partial charge in [-0.1, -0.05) is 25.1 Å². The van der Waals surface area contributed by atoms with Crippen molar-refractivity contribution in [1.82, 2.24) is 10.2 Å². The van der Waals surface area contributed by atoms with E-state index in [2.05, 4.69) is 5.32 Å². The van der Waals surface area contributed by atoms with Gasteiger partial charge in [0, 0.05) is 18.7 Å². The Hall–Kier alpha value is -2.40. The van der Waals surface area contributed by atoms with Crippen LogP contribution in [0.15, 0.2) is 36.4 Å². The normalized spacial score (nSPS) is 10.9. The van der Waals surface area contributed by atoms with E-state index in [1.807, 2.05) is 31.7 Å². The van der Waals surface area contributed by atoms with Gasteiger partial charge in [-0.25, -0.2) is 4.39 Å². The number of carbonyl (C=O) groups excluding carboxylic acids is 1. The van der Waals surface area contributed by atoms with E-state index in [1.165, 1.54) is 12.1 Å². The van der Waals surface area contributed by atoms with Gasteiger partial charge in [-0.05, 0) is 55.3 Å². The number of aromatic hydroxyl groups is 1. The summed E-state index contributed by atoms with van der Waals surface area (Å²) in [5.74, 6) is -0.136. The van der Waals surface area contributed by atoms with Crippen molar-refractivity contribution in [2.45, 2.75) is 33.9 Å². The van der Waals surface area contributed by atoms with Crippen LogP contribution < -0.4 is 5.32 Å². The van der Waals surface area contributed by atoms with E-state index in [0.29, 0.717) is 19.6 Å². The summed E-state index contributed by atoms with van der Waals surface area (Å²) < 4.78 is 12.9. The summed E-state index contributed by atoms with van der Waals surface area (Å²) in [5.41, 5.74) is 3.83. The minimum atomic E-state index is -0.291. The SMILES string of the molecule is CCN(CC(=O)NCc1ccc(F)cc1)Cc1cc(C)c(C)cc1O. The van der Waals surface area contributed by atoms with Crippen LogP contribution in [0.3, 0.4) is 0 Å². The lowest BCUT2D eigenvalue weighted by molar-refractivity contribution is -0.122. The molecule has 134 valence electrons. The van der Waals surface area contributed by atoms with Crippen LogP contribution in [0.4, 0.5) is 4.39 Å². The number of benzene rings is 2. The molecule has 0 spiro atoms. The average molecular weight is 344 g/mol. The third-order valence-corrected chi connectivity index (χ3v) is 4.31. The van der Waals surface area contributed by atoms with E-state index in [1.54, 1.807) is 18.2 Å². The van der Waals surface area contributed by atoms with Crippen LogP contribution in [0.2, 0.25) is 0 Å². The molecule has 0 atom stereocenters. The highest BCUT2D eigenvalue weighted by molar-refractivity contribution is 5.78. The summed E-state index contributed by atoms with van der Waals surface area (Å²) in [7, 11) is 0. The van der Waals surface area contributed by atoms with Crippen molar-refractivity contribution < 1.29 is 14.3 Å². The van der Waals surface area contributed by atoms with Gasteiger partial charge >= 0.3 is 0 Å². The quantitative estimate of drug-likeness (QED) is 0.810. The largest absolute Gasteiger partial charge is 0.508 e. The molecule has 0 radical (unpaired) electrons. The number of rotatable bonds is 7. The Kier molecular flexibility index (Phi) is 6.53. The second-order valence-electron chi connectivity index (χ2n) is 6.27. The van der Waals surface area contributed by atoms with E-state index >= 15 is 0 Å². The maximum absolute atomic E-state index is 12.9. The summed E-state index contributed by atoms with van der Waals surface area (Å²) in [6.45, 7) is 7.74. The Morgan fingerprint density at radius 2 is 1.80 bits per heavy atom. The highest BCUT2D eigenvalue weighted by atomic mass is 19.1. The van der Waals surface area contributed by atoms with Crippen LogP contribution in [0, 0.1) is 19.7 Å². The molecule has 0 aromatic heterocycles. The number of hydrogen-bond acceptors (Lipinski definition) is 3. The van der Waals surface area contributed by atoms with E-state index < -0.39 is 0 Å². The second kappa shape index (κ2) is 8.62. The van der Waals surface area contributed by atoms with Crippen molar-refractivity contribution in [3.8, 4) is 5.75 Å². The van der Waals surface area contributed by atoms with Crippen LogP contribution in [-0.4, -0.2) is 29.0 Å². The molecule has 0 aliphatic carbocycles. The first-order valence-corrected chi connectivity index (χ1v) is 8.41. The zero-order valence-corrected chi connectivity index (χ0v) is 15.0. The monoisotopic (exact) mass is 344 g/mol. The number of likely N-dealkylation sites (N-methyl/N-ethyl adjacent to an activating group) is 1. The number of amides is 1. The molecule has 2 rings (SSSR count). The van der Waals surface area contributed by atoms with Gasteiger partial charge in [0.2, 0.25) is 5.91 Å². The van der Waals surface area contributed by atoms with Crippen molar-refractivity contribution in [3.05, 3.63) is 64.5 Å². The molecular weight excluding hydrogens is 319 g/mol. The number of phenolic OH excluding ortho intramolecular Hbond substituents is 1. The van der Waals surface area contributed by atoms with Gasteiger partial charge in [0.25, 0.3) is 0 Å². The zero-order valence-electron chi connectivity index (χ0n) is 15.0. The molecule has 2 aromatic rings. The van der Waals surface area contributed by atoms with Gasteiger partial charge in [-0.15, -0.1) is 0 Å². The van der Waals surface area contributed by atoms with Gasteiger partial charge in [-0.3, -0.25) is 9.69 Å². The van der Waals surface area contributed by atoms with E-state index in [0.717, 1.165) is 22.3 Å².